The van der Waals surface area contributed by atoms with Crippen LogP contribution in [0.2, 0.25) is 0 Å². The summed E-state index contributed by atoms with van der Waals surface area (Å²) in [6, 6.07) is 5.31. The molecule has 1 aromatic carbocycles. The highest BCUT2D eigenvalue weighted by Gasteiger charge is 2.42. The van der Waals surface area contributed by atoms with Crippen molar-refractivity contribution in [3.05, 3.63) is 46.7 Å². The molecular weight excluding hydrogens is 363 g/mol. The van der Waals surface area contributed by atoms with Gasteiger partial charge in [0.05, 0.1) is 12.6 Å². The van der Waals surface area contributed by atoms with Crippen molar-refractivity contribution in [3.63, 3.8) is 0 Å². The molecule has 9 heteroatoms. The largest absolute Gasteiger partial charge is 0.301 e. The number of alkyl halides is 2. The number of aromatic nitrogens is 1. The van der Waals surface area contributed by atoms with Crippen LogP contribution >= 0.6 is 23.7 Å². The summed E-state index contributed by atoms with van der Waals surface area (Å²) >= 11 is 1.24. The Morgan fingerprint density at radius 2 is 2.25 bits per heavy atom. The second-order valence-electron chi connectivity index (χ2n) is 5.42. The Labute approximate surface area is 146 Å². The van der Waals surface area contributed by atoms with Crippen molar-refractivity contribution < 1.29 is 18.0 Å². The van der Waals surface area contributed by atoms with Crippen LogP contribution < -0.4 is 10.6 Å². The molecule has 130 valence electrons. The molecule has 2 heterocycles. The SMILES string of the molecule is Cl.O=C(Nc1ncc(Cc2cccc(F)c2)s1)C1CC(F)(F)CN1. The van der Waals surface area contributed by atoms with E-state index < -0.39 is 30.8 Å². The monoisotopic (exact) mass is 377 g/mol. The Balaban J connectivity index is 0.00000208. The lowest BCUT2D eigenvalue weighted by atomic mass is 10.1. The fourth-order valence-corrected chi connectivity index (χ4v) is 3.24. The normalized spacial score (nSPS) is 18.9. The molecule has 0 bridgehead atoms. The van der Waals surface area contributed by atoms with Gasteiger partial charge in [0.2, 0.25) is 5.91 Å². The molecule has 1 aromatic heterocycles. The number of nitrogens with one attached hydrogen (secondary N) is 2. The third-order valence-corrected chi connectivity index (χ3v) is 4.39. The molecule has 1 saturated heterocycles. The quantitative estimate of drug-likeness (QED) is 0.860. The highest BCUT2D eigenvalue weighted by atomic mass is 35.5. The number of thiazole rings is 1. The second-order valence-corrected chi connectivity index (χ2v) is 6.54. The van der Waals surface area contributed by atoms with Crippen LogP contribution in [0.5, 0.6) is 0 Å². The lowest BCUT2D eigenvalue weighted by molar-refractivity contribution is -0.118. The third kappa shape index (κ3) is 4.68. The van der Waals surface area contributed by atoms with Gasteiger partial charge in [0.25, 0.3) is 5.92 Å². The van der Waals surface area contributed by atoms with Crippen LogP contribution in [0.1, 0.15) is 16.9 Å². The van der Waals surface area contributed by atoms with Crippen LogP contribution in [-0.2, 0) is 11.2 Å². The highest BCUT2D eigenvalue weighted by Crippen LogP contribution is 2.27. The lowest BCUT2D eigenvalue weighted by Crippen LogP contribution is -2.35. The van der Waals surface area contributed by atoms with E-state index in [9.17, 15) is 18.0 Å². The van der Waals surface area contributed by atoms with Gasteiger partial charge in [-0.25, -0.2) is 18.2 Å². The molecule has 1 atom stereocenters. The lowest BCUT2D eigenvalue weighted by Gasteiger charge is -2.08. The molecule has 0 spiro atoms. The Kier molecular flexibility index (Phi) is 5.84. The summed E-state index contributed by atoms with van der Waals surface area (Å²) in [5.74, 6) is -3.68. The summed E-state index contributed by atoms with van der Waals surface area (Å²) < 4.78 is 39.3. The molecule has 1 aliphatic heterocycles. The molecule has 3 rings (SSSR count). The molecule has 1 unspecified atom stereocenters. The number of anilines is 1. The van der Waals surface area contributed by atoms with Gasteiger partial charge in [-0.15, -0.1) is 23.7 Å². The minimum atomic E-state index is -2.85. The third-order valence-electron chi connectivity index (χ3n) is 3.48. The maximum atomic E-state index is 13.1. The summed E-state index contributed by atoms with van der Waals surface area (Å²) in [6.07, 6.45) is 1.56. The van der Waals surface area contributed by atoms with Gasteiger partial charge in [-0.1, -0.05) is 12.1 Å². The Bertz CT molecular complexity index is 725. The Morgan fingerprint density at radius 3 is 2.92 bits per heavy atom. The van der Waals surface area contributed by atoms with Crippen LogP contribution in [0, 0.1) is 5.82 Å². The van der Waals surface area contributed by atoms with Gasteiger partial charge >= 0.3 is 0 Å². The van der Waals surface area contributed by atoms with E-state index in [2.05, 4.69) is 15.6 Å². The standard InChI is InChI=1S/C15H14F3N3OS.ClH/c16-10-3-1-2-9(4-10)5-11-7-19-14(23-11)21-13(22)12-6-15(17,18)8-20-12;/h1-4,7,12,20H,5-6,8H2,(H,19,21,22);1H. The number of amides is 1. The van der Waals surface area contributed by atoms with Crippen molar-refractivity contribution in [2.45, 2.75) is 24.8 Å². The molecule has 24 heavy (non-hydrogen) atoms. The van der Waals surface area contributed by atoms with Gasteiger partial charge in [0, 0.05) is 23.9 Å². The predicted molar refractivity (Wildman–Crippen MR) is 88.6 cm³/mol. The average Bonchev–Trinajstić information content (AvgIpc) is 3.05. The van der Waals surface area contributed by atoms with Gasteiger partial charge < -0.3 is 5.32 Å². The summed E-state index contributed by atoms with van der Waals surface area (Å²) in [5, 5.41) is 5.38. The number of hydrogen-bond acceptors (Lipinski definition) is 4. The summed E-state index contributed by atoms with van der Waals surface area (Å²) in [5.41, 5.74) is 0.795. The number of rotatable bonds is 4. The van der Waals surface area contributed by atoms with Crippen LogP contribution in [0.4, 0.5) is 18.3 Å². The van der Waals surface area contributed by atoms with Crippen LogP contribution in [0.3, 0.4) is 0 Å². The summed E-state index contributed by atoms with van der Waals surface area (Å²) in [6.45, 7) is -0.492. The topological polar surface area (TPSA) is 54.0 Å². The minimum absolute atomic E-state index is 0. The van der Waals surface area contributed by atoms with E-state index in [1.165, 1.54) is 23.5 Å². The number of halogens is 4. The van der Waals surface area contributed by atoms with E-state index in [1.54, 1.807) is 18.3 Å². The van der Waals surface area contributed by atoms with Crippen molar-refractivity contribution in [2.75, 3.05) is 11.9 Å². The molecule has 2 N–H and O–H groups in total. The Morgan fingerprint density at radius 1 is 1.46 bits per heavy atom. The van der Waals surface area contributed by atoms with E-state index in [4.69, 9.17) is 0 Å². The molecule has 4 nitrogen and oxygen atoms in total. The van der Waals surface area contributed by atoms with Gasteiger partial charge in [0.1, 0.15) is 5.82 Å². The van der Waals surface area contributed by atoms with E-state index in [-0.39, 0.29) is 18.2 Å². The molecule has 0 aliphatic carbocycles. The van der Waals surface area contributed by atoms with E-state index >= 15 is 0 Å². The summed E-state index contributed by atoms with van der Waals surface area (Å²) in [4.78, 5) is 16.8. The van der Waals surface area contributed by atoms with Crippen LogP contribution in [-0.4, -0.2) is 29.4 Å². The van der Waals surface area contributed by atoms with Crippen LogP contribution in [0.25, 0.3) is 0 Å². The maximum Gasteiger partial charge on any atom is 0.262 e. The van der Waals surface area contributed by atoms with Gasteiger partial charge in [-0.05, 0) is 17.7 Å². The predicted octanol–water partition coefficient (Wildman–Crippen LogP) is 3.23. The maximum absolute atomic E-state index is 13.1. The first-order chi connectivity index (χ1) is 10.9. The van der Waals surface area contributed by atoms with Crippen LogP contribution in [0.15, 0.2) is 30.5 Å². The van der Waals surface area contributed by atoms with Crippen molar-refractivity contribution in [3.8, 4) is 0 Å². The molecule has 1 fully saturated rings. The molecule has 0 saturated carbocycles. The number of carbonyl (C=O) groups excluding carboxylic acids is 1. The number of carbonyl (C=O) groups is 1. The van der Waals surface area contributed by atoms with Crippen molar-refractivity contribution in [2.24, 2.45) is 0 Å². The van der Waals surface area contributed by atoms with Crippen molar-refractivity contribution >= 4 is 34.8 Å². The number of benzene rings is 1. The first kappa shape index (κ1) is 18.7. The summed E-state index contributed by atoms with van der Waals surface area (Å²) in [7, 11) is 0. The first-order valence-electron chi connectivity index (χ1n) is 7.02. The zero-order valence-corrected chi connectivity index (χ0v) is 14.0. The molecule has 1 amide bonds. The first-order valence-corrected chi connectivity index (χ1v) is 7.84. The Hall–Kier alpha value is -1.64. The van der Waals surface area contributed by atoms with Crippen molar-refractivity contribution in [1.29, 1.82) is 0 Å². The van der Waals surface area contributed by atoms with E-state index in [0.717, 1.165) is 10.4 Å². The fourth-order valence-electron chi connectivity index (χ4n) is 2.39. The molecule has 1 aliphatic rings. The smallest absolute Gasteiger partial charge is 0.262 e. The minimum Gasteiger partial charge on any atom is -0.301 e. The average molecular weight is 378 g/mol. The van der Waals surface area contributed by atoms with Crippen molar-refractivity contribution in [1.82, 2.24) is 10.3 Å². The highest BCUT2D eigenvalue weighted by molar-refractivity contribution is 7.15. The molecule has 0 radical (unpaired) electrons. The van der Waals surface area contributed by atoms with Gasteiger partial charge in [-0.2, -0.15) is 0 Å². The van der Waals surface area contributed by atoms with Gasteiger partial charge in [-0.3, -0.25) is 10.1 Å². The zero-order valence-electron chi connectivity index (χ0n) is 12.4. The number of nitrogens with zero attached hydrogens (tertiary/aromatic N) is 1. The van der Waals surface area contributed by atoms with E-state index in [1.807, 2.05) is 0 Å². The molecule has 2 aromatic rings. The van der Waals surface area contributed by atoms with Gasteiger partial charge in [0.15, 0.2) is 5.13 Å². The second kappa shape index (κ2) is 7.50. The zero-order chi connectivity index (χ0) is 16.4. The fraction of sp³-hybridized carbons (Fsp3) is 0.333. The van der Waals surface area contributed by atoms with E-state index in [0.29, 0.717) is 11.6 Å². The molecular formula is C15H15ClF3N3OS. The number of hydrogen-bond donors (Lipinski definition) is 2.